The van der Waals surface area contributed by atoms with E-state index < -0.39 is 14.1 Å². The van der Waals surface area contributed by atoms with Gasteiger partial charge in [0, 0.05) is 25.2 Å². The molecule has 4 rings (SSSR count). The lowest BCUT2D eigenvalue weighted by Crippen LogP contribution is -2.52. The highest BCUT2D eigenvalue weighted by molar-refractivity contribution is 7.44. The third kappa shape index (κ3) is 7.17. The van der Waals surface area contributed by atoms with E-state index in [0.717, 1.165) is 31.7 Å². The van der Waals surface area contributed by atoms with Crippen molar-refractivity contribution in [2.75, 3.05) is 26.8 Å². The predicted molar refractivity (Wildman–Crippen MR) is 167 cm³/mol. The van der Waals surface area contributed by atoms with E-state index in [1.807, 2.05) is 0 Å². The van der Waals surface area contributed by atoms with Crippen LogP contribution in [0.15, 0.2) is 84.9 Å². The molecule has 0 spiro atoms. The maximum Gasteiger partial charge on any atom is 0.259 e. The molecule has 0 amide bonds. The van der Waals surface area contributed by atoms with Gasteiger partial charge in [-0.1, -0.05) is 72.8 Å². The van der Waals surface area contributed by atoms with Crippen LogP contribution in [0.4, 0.5) is 0 Å². The first kappa shape index (κ1) is 31.2. The van der Waals surface area contributed by atoms with Crippen LogP contribution in [0, 0.1) is 11.3 Å². The molecule has 0 aliphatic carbocycles. The van der Waals surface area contributed by atoms with Crippen LogP contribution in [0.5, 0.6) is 5.75 Å². The monoisotopic (exact) mass is 573 g/mol. The van der Waals surface area contributed by atoms with E-state index in [-0.39, 0.29) is 18.2 Å². The molecule has 0 saturated carbocycles. The third-order valence-corrected chi connectivity index (χ3v) is 9.89. The van der Waals surface area contributed by atoms with Gasteiger partial charge in [-0.25, -0.2) is 4.67 Å². The smallest absolute Gasteiger partial charge is 0.259 e. The molecule has 1 saturated heterocycles. The van der Waals surface area contributed by atoms with Crippen LogP contribution in [0.3, 0.4) is 0 Å². The van der Waals surface area contributed by atoms with Crippen molar-refractivity contribution >= 4 is 8.53 Å². The second-order valence-corrected chi connectivity index (χ2v) is 12.4. The van der Waals surface area contributed by atoms with Gasteiger partial charge in [-0.15, -0.1) is 0 Å². The summed E-state index contributed by atoms with van der Waals surface area (Å²) in [5, 5.41) is 9.08. The van der Waals surface area contributed by atoms with Crippen LogP contribution in [-0.4, -0.2) is 54.6 Å². The number of methoxy groups -OCH3 is 1. The van der Waals surface area contributed by atoms with E-state index in [2.05, 4.69) is 128 Å². The molecule has 218 valence electrons. The SMILES string of the molecule is COc1ccc(C(c2ccccc2)(c2ccccc2)N2CCC(OP(OCCC#N)N(C(C)C)C(C)C)CC2)cc1. The highest BCUT2D eigenvalue weighted by atomic mass is 31.2. The summed E-state index contributed by atoms with van der Waals surface area (Å²) in [6, 6.07) is 32.9. The van der Waals surface area contributed by atoms with Crippen LogP contribution in [-0.2, 0) is 14.6 Å². The summed E-state index contributed by atoms with van der Waals surface area (Å²) in [4.78, 5) is 2.61. The minimum Gasteiger partial charge on any atom is -0.497 e. The molecule has 6 nitrogen and oxygen atoms in total. The summed E-state index contributed by atoms with van der Waals surface area (Å²) in [7, 11) is 0.441. The minimum atomic E-state index is -1.27. The summed E-state index contributed by atoms with van der Waals surface area (Å²) in [6.45, 7) is 10.8. The van der Waals surface area contributed by atoms with Gasteiger partial charge < -0.3 is 13.8 Å². The van der Waals surface area contributed by atoms with Gasteiger partial charge in [0.05, 0.1) is 37.8 Å². The fourth-order valence-electron chi connectivity index (χ4n) is 5.96. The summed E-state index contributed by atoms with van der Waals surface area (Å²) in [5.74, 6) is 0.848. The average Bonchev–Trinajstić information content (AvgIpc) is 2.99. The second-order valence-electron chi connectivity index (χ2n) is 11.0. The molecule has 1 aliphatic rings. The Labute approximate surface area is 247 Å². The predicted octanol–water partition coefficient (Wildman–Crippen LogP) is 7.74. The summed E-state index contributed by atoms with van der Waals surface area (Å²) >= 11 is 0. The first-order valence-corrected chi connectivity index (χ1v) is 15.8. The molecule has 1 heterocycles. The Morgan fingerprint density at radius 2 is 1.37 bits per heavy atom. The van der Waals surface area contributed by atoms with Crippen LogP contribution >= 0.6 is 8.53 Å². The fourth-order valence-corrected chi connectivity index (χ4v) is 7.73. The first-order valence-electron chi connectivity index (χ1n) is 14.7. The quantitative estimate of drug-likeness (QED) is 0.118. The standard InChI is InChI=1S/C34H44N3O3P/c1-27(2)37(28(3)4)41(39-26-12-23-35)40-33-21-24-36(25-22-33)34(29-13-8-6-9-14-29,30-15-10-7-11-16-30)31-17-19-32(38-5)20-18-31/h6-11,13-20,27-28,33H,12,21-22,24-26H2,1-5H3. The number of nitrogens with zero attached hydrogens (tertiary/aromatic N) is 3. The van der Waals surface area contributed by atoms with E-state index >= 15 is 0 Å². The summed E-state index contributed by atoms with van der Waals surface area (Å²) in [6.07, 6.45) is 2.23. The van der Waals surface area contributed by atoms with Gasteiger partial charge in [0.25, 0.3) is 8.53 Å². The number of likely N-dealkylation sites (tertiary alicyclic amines) is 1. The molecule has 1 aliphatic heterocycles. The maximum absolute atomic E-state index is 9.08. The maximum atomic E-state index is 9.08. The third-order valence-electron chi connectivity index (χ3n) is 7.71. The Kier molecular flexibility index (Phi) is 11.3. The molecule has 1 unspecified atom stereocenters. The molecule has 3 aromatic rings. The molecule has 0 aromatic heterocycles. The van der Waals surface area contributed by atoms with Crippen LogP contribution in [0.25, 0.3) is 0 Å². The van der Waals surface area contributed by atoms with Crippen LogP contribution in [0.1, 0.15) is 63.6 Å². The first-order chi connectivity index (χ1) is 19.9. The Morgan fingerprint density at radius 1 is 0.854 bits per heavy atom. The van der Waals surface area contributed by atoms with Crippen molar-refractivity contribution in [2.24, 2.45) is 0 Å². The van der Waals surface area contributed by atoms with Crippen molar-refractivity contribution < 1.29 is 13.8 Å². The zero-order valence-electron chi connectivity index (χ0n) is 25.1. The topological polar surface area (TPSA) is 58.0 Å². The molecule has 41 heavy (non-hydrogen) atoms. The number of hydrogen-bond donors (Lipinski definition) is 0. The van der Waals surface area contributed by atoms with Gasteiger partial charge in [-0.2, -0.15) is 5.26 Å². The fraction of sp³-hybridized carbons (Fsp3) is 0.441. The average molecular weight is 574 g/mol. The molecule has 0 radical (unpaired) electrons. The zero-order valence-corrected chi connectivity index (χ0v) is 26.0. The van der Waals surface area contributed by atoms with Crippen molar-refractivity contribution in [3.05, 3.63) is 102 Å². The molecule has 0 bridgehead atoms. The Hall–Kier alpha value is -2.78. The summed E-state index contributed by atoms with van der Waals surface area (Å²) < 4.78 is 20.8. The van der Waals surface area contributed by atoms with E-state index in [9.17, 15) is 0 Å². The lowest BCUT2D eigenvalue weighted by Gasteiger charge is -2.49. The van der Waals surface area contributed by atoms with Gasteiger partial charge in [-0.05, 0) is 69.4 Å². The Bertz CT molecular complexity index is 1180. The largest absolute Gasteiger partial charge is 0.497 e. The second kappa shape index (κ2) is 14.9. The lowest BCUT2D eigenvalue weighted by molar-refractivity contribution is 0.0452. The number of piperidine rings is 1. The van der Waals surface area contributed by atoms with E-state index in [1.165, 1.54) is 16.7 Å². The van der Waals surface area contributed by atoms with Gasteiger partial charge in [0.2, 0.25) is 0 Å². The minimum absolute atomic E-state index is 0.0829. The summed E-state index contributed by atoms with van der Waals surface area (Å²) in [5.41, 5.74) is 3.23. The van der Waals surface area contributed by atoms with Gasteiger partial charge in [-0.3, -0.25) is 4.90 Å². The number of benzene rings is 3. The van der Waals surface area contributed by atoms with Crippen molar-refractivity contribution in [1.29, 1.82) is 5.26 Å². The van der Waals surface area contributed by atoms with E-state index in [1.54, 1.807) is 7.11 Å². The highest BCUT2D eigenvalue weighted by Crippen LogP contribution is 2.49. The zero-order chi connectivity index (χ0) is 29.2. The highest BCUT2D eigenvalue weighted by Gasteiger charge is 2.44. The lowest BCUT2D eigenvalue weighted by atomic mass is 9.74. The van der Waals surface area contributed by atoms with Crippen molar-refractivity contribution in [3.8, 4) is 11.8 Å². The molecule has 1 fully saturated rings. The van der Waals surface area contributed by atoms with Crippen molar-refractivity contribution in [1.82, 2.24) is 9.57 Å². The molecule has 7 heteroatoms. The molecular weight excluding hydrogens is 529 g/mol. The number of hydrogen-bond acceptors (Lipinski definition) is 6. The molecule has 3 aromatic carbocycles. The Morgan fingerprint density at radius 3 is 1.83 bits per heavy atom. The van der Waals surface area contributed by atoms with Gasteiger partial charge >= 0.3 is 0 Å². The number of ether oxygens (including phenoxy) is 1. The molecule has 1 atom stereocenters. The van der Waals surface area contributed by atoms with Crippen molar-refractivity contribution in [3.63, 3.8) is 0 Å². The van der Waals surface area contributed by atoms with Crippen LogP contribution < -0.4 is 4.74 Å². The van der Waals surface area contributed by atoms with Gasteiger partial charge in [0.1, 0.15) is 5.75 Å². The number of nitriles is 1. The number of rotatable bonds is 13. The normalized spacial score (nSPS) is 15.8. The molecular formula is C34H44N3O3P. The molecule has 0 N–H and O–H groups in total. The van der Waals surface area contributed by atoms with Crippen LogP contribution in [0.2, 0.25) is 0 Å². The van der Waals surface area contributed by atoms with E-state index in [4.69, 9.17) is 19.0 Å². The Balaban J connectivity index is 1.66. The van der Waals surface area contributed by atoms with Crippen molar-refractivity contribution in [2.45, 2.75) is 70.7 Å². The van der Waals surface area contributed by atoms with Gasteiger partial charge in [0.15, 0.2) is 0 Å². The van der Waals surface area contributed by atoms with E-state index in [0.29, 0.717) is 13.0 Å².